The Kier molecular flexibility index (Phi) is 7.16. The summed E-state index contributed by atoms with van der Waals surface area (Å²) in [6, 6.07) is 11.9. The molecule has 27 heavy (non-hydrogen) atoms. The fourth-order valence-electron chi connectivity index (χ4n) is 3.34. The van der Waals surface area contributed by atoms with Crippen molar-refractivity contribution in [1.29, 1.82) is 0 Å². The van der Waals surface area contributed by atoms with Crippen LogP contribution >= 0.6 is 0 Å². The number of rotatable bonds is 7. The topological polar surface area (TPSA) is 76.1 Å². The molecule has 0 spiro atoms. The summed E-state index contributed by atoms with van der Waals surface area (Å²) in [6.45, 7) is 0.918. The van der Waals surface area contributed by atoms with Gasteiger partial charge in [-0.05, 0) is 12.8 Å². The minimum atomic E-state index is -0.212. The van der Waals surface area contributed by atoms with Crippen molar-refractivity contribution in [3.05, 3.63) is 42.1 Å². The van der Waals surface area contributed by atoms with Crippen LogP contribution in [0.25, 0.3) is 11.4 Å². The molecule has 1 aliphatic carbocycles. The number of anilines is 1. The van der Waals surface area contributed by atoms with E-state index in [0.717, 1.165) is 18.4 Å². The monoisotopic (exact) mass is 368 g/mol. The lowest BCUT2D eigenvalue weighted by Crippen LogP contribution is -2.28. The molecule has 6 heteroatoms. The van der Waals surface area contributed by atoms with Gasteiger partial charge in [0, 0.05) is 31.3 Å². The second kappa shape index (κ2) is 10.0. The maximum Gasteiger partial charge on any atom is 0.270 e. The first-order valence-corrected chi connectivity index (χ1v) is 9.74. The number of hydrogen-bond acceptors (Lipinski definition) is 5. The van der Waals surface area contributed by atoms with E-state index in [-0.39, 0.29) is 5.91 Å². The molecule has 0 unspecified atom stereocenters. The van der Waals surface area contributed by atoms with Crippen molar-refractivity contribution >= 4 is 11.7 Å². The smallest absolute Gasteiger partial charge is 0.270 e. The van der Waals surface area contributed by atoms with E-state index in [2.05, 4.69) is 20.6 Å². The van der Waals surface area contributed by atoms with Crippen LogP contribution in [0.4, 0.5) is 5.82 Å². The van der Waals surface area contributed by atoms with Crippen LogP contribution in [-0.4, -0.2) is 42.2 Å². The molecule has 2 N–H and O–H groups in total. The number of hydrogen-bond donors (Lipinski definition) is 2. The van der Waals surface area contributed by atoms with Gasteiger partial charge in [0.25, 0.3) is 5.91 Å². The molecular formula is C21H28N4O2. The summed E-state index contributed by atoms with van der Waals surface area (Å²) in [5.74, 6) is 1.06. The molecule has 1 amide bonds. The highest BCUT2D eigenvalue weighted by Crippen LogP contribution is 2.23. The largest absolute Gasteiger partial charge is 0.383 e. The first-order valence-electron chi connectivity index (χ1n) is 9.74. The van der Waals surface area contributed by atoms with Gasteiger partial charge in [-0.3, -0.25) is 4.79 Å². The highest BCUT2D eigenvalue weighted by atomic mass is 16.5. The van der Waals surface area contributed by atoms with Crippen molar-refractivity contribution in [3.8, 4) is 11.4 Å². The van der Waals surface area contributed by atoms with Crippen molar-refractivity contribution in [2.24, 2.45) is 0 Å². The van der Waals surface area contributed by atoms with Gasteiger partial charge in [-0.15, -0.1) is 0 Å². The molecule has 0 aliphatic heterocycles. The number of methoxy groups -OCH3 is 1. The van der Waals surface area contributed by atoms with E-state index in [9.17, 15) is 4.79 Å². The number of aromatic nitrogens is 2. The fourth-order valence-corrected chi connectivity index (χ4v) is 3.34. The number of benzene rings is 1. The fraction of sp³-hybridized carbons (Fsp3) is 0.476. The van der Waals surface area contributed by atoms with E-state index in [1.54, 1.807) is 13.2 Å². The minimum absolute atomic E-state index is 0.212. The van der Waals surface area contributed by atoms with Gasteiger partial charge in [-0.25, -0.2) is 9.97 Å². The van der Waals surface area contributed by atoms with Gasteiger partial charge < -0.3 is 15.4 Å². The van der Waals surface area contributed by atoms with Gasteiger partial charge in [-0.1, -0.05) is 56.0 Å². The average Bonchev–Trinajstić information content (AvgIpc) is 2.97. The molecule has 1 aromatic carbocycles. The molecule has 2 aromatic rings. The third-order valence-electron chi connectivity index (χ3n) is 4.79. The lowest BCUT2D eigenvalue weighted by molar-refractivity contribution is 0.0932. The van der Waals surface area contributed by atoms with E-state index in [1.807, 2.05) is 30.3 Å². The second-order valence-corrected chi connectivity index (χ2v) is 6.91. The number of nitrogens with one attached hydrogen (secondary N) is 2. The highest BCUT2D eigenvalue weighted by Gasteiger charge is 2.16. The van der Waals surface area contributed by atoms with Crippen molar-refractivity contribution in [3.63, 3.8) is 0 Å². The predicted molar refractivity (Wildman–Crippen MR) is 107 cm³/mol. The van der Waals surface area contributed by atoms with Crippen molar-refractivity contribution < 1.29 is 9.53 Å². The molecule has 6 nitrogen and oxygen atoms in total. The summed E-state index contributed by atoms with van der Waals surface area (Å²) in [5.41, 5.74) is 1.27. The SMILES string of the molecule is COCCNC(=O)c1cc(NC2CCCCCC2)nc(-c2ccccc2)n1. The second-order valence-electron chi connectivity index (χ2n) is 6.91. The number of nitrogens with zero attached hydrogens (tertiary/aromatic N) is 2. The third-order valence-corrected chi connectivity index (χ3v) is 4.79. The first-order chi connectivity index (χ1) is 13.3. The highest BCUT2D eigenvalue weighted by molar-refractivity contribution is 5.93. The Morgan fingerprint density at radius 2 is 1.85 bits per heavy atom. The van der Waals surface area contributed by atoms with Crippen LogP contribution in [0.5, 0.6) is 0 Å². The van der Waals surface area contributed by atoms with Gasteiger partial charge in [0.15, 0.2) is 5.82 Å². The summed E-state index contributed by atoms with van der Waals surface area (Å²) in [5, 5.41) is 6.38. The van der Waals surface area contributed by atoms with Gasteiger partial charge >= 0.3 is 0 Å². The molecule has 1 aliphatic rings. The summed E-state index contributed by atoms with van der Waals surface area (Å²) < 4.78 is 5.00. The van der Waals surface area contributed by atoms with Crippen LogP contribution in [0, 0.1) is 0 Å². The van der Waals surface area contributed by atoms with E-state index < -0.39 is 0 Å². The Morgan fingerprint density at radius 3 is 2.56 bits per heavy atom. The molecule has 0 atom stereocenters. The third kappa shape index (κ3) is 5.76. The van der Waals surface area contributed by atoms with Crippen molar-refractivity contribution in [2.45, 2.75) is 44.6 Å². The van der Waals surface area contributed by atoms with Crippen LogP contribution in [0.2, 0.25) is 0 Å². The molecule has 1 fully saturated rings. The van der Waals surface area contributed by atoms with Crippen LogP contribution in [0.1, 0.15) is 49.0 Å². The Morgan fingerprint density at radius 1 is 1.11 bits per heavy atom. The molecule has 0 saturated heterocycles. The van der Waals surface area contributed by atoms with Crippen molar-refractivity contribution in [1.82, 2.24) is 15.3 Å². The maximum absolute atomic E-state index is 12.5. The van der Waals surface area contributed by atoms with Crippen LogP contribution in [-0.2, 0) is 4.74 Å². The molecule has 1 aromatic heterocycles. The quantitative estimate of drug-likeness (QED) is 0.576. The lowest BCUT2D eigenvalue weighted by atomic mass is 10.1. The Hall–Kier alpha value is -2.47. The van der Waals surface area contributed by atoms with Gasteiger partial charge in [-0.2, -0.15) is 0 Å². The van der Waals surface area contributed by atoms with Gasteiger partial charge in [0.05, 0.1) is 6.61 Å². The molecule has 0 radical (unpaired) electrons. The van der Waals surface area contributed by atoms with Gasteiger partial charge in [0.1, 0.15) is 11.5 Å². The first kappa shape index (κ1) is 19.3. The molecule has 3 rings (SSSR count). The number of carbonyl (C=O) groups excluding carboxylic acids is 1. The summed E-state index contributed by atoms with van der Waals surface area (Å²) >= 11 is 0. The Labute approximate surface area is 160 Å². The zero-order valence-electron chi connectivity index (χ0n) is 15.9. The standard InChI is InChI=1S/C21H28N4O2/c1-27-14-13-22-21(26)18-15-19(23-17-11-7-2-3-8-12-17)25-20(24-18)16-9-5-4-6-10-16/h4-6,9-10,15,17H,2-3,7-8,11-14H2,1H3,(H,22,26)(H,23,24,25). The number of ether oxygens (including phenoxy) is 1. The Balaban J connectivity index is 1.84. The molecule has 144 valence electrons. The zero-order chi connectivity index (χ0) is 18.9. The van der Waals surface area contributed by atoms with E-state index >= 15 is 0 Å². The van der Waals surface area contributed by atoms with E-state index in [1.165, 1.54) is 25.7 Å². The minimum Gasteiger partial charge on any atom is -0.383 e. The predicted octanol–water partition coefficient (Wildman–Crippen LogP) is 3.65. The van der Waals surface area contributed by atoms with Gasteiger partial charge in [0.2, 0.25) is 0 Å². The molecule has 1 saturated carbocycles. The maximum atomic E-state index is 12.5. The summed E-state index contributed by atoms with van der Waals surface area (Å²) in [7, 11) is 1.61. The number of amides is 1. The van der Waals surface area contributed by atoms with Crippen LogP contribution in [0.15, 0.2) is 36.4 Å². The summed E-state index contributed by atoms with van der Waals surface area (Å²) in [4.78, 5) is 21.7. The Bertz CT molecular complexity index is 728. The average molecular weight is 368 g/mol. The molecule has 0 bridgehead atoms. The zero-order valence-corrected chi connectivity index (χ0v) is 15.9. The normalized spacial score (nSPS) is 15.1. The van der Waals surface area contributed by atoms with Crippen LogP contribution in [0.3, 0.4) is 0 Å². The van der Waals surface area contributed by atoms with E-state index in [4.69, 9.17) is 4.74 Å². The van der Waals surface area contributed by atoms with E-state index in [0.29, 0.717) is 36.5 Å². The lowest BCUT2D eigenvalue weighted by Gasteiger charge is -2.18. The summed E-state index contributed by atoms with van der Waals surface area (Å²) in [6.07, 6.45) is 7.34. The van der Waals surface area contributed by atoms with Crippen LogP contribution < -0.4 is 10.6 Å². The van der Waals surface area contributed by atoms with Crippen molar-refractivity contribution in [2.75, 3.05) is 25.6 Å². The molecular weight excluding hydrogens is 340 g/mol. The number of carbonyl (C=O) groups is 1. The molecule has 1 heterocycles.